The molecular weight excluding hydrogens is 280 g/mol. The van der Waals surface area contributed by atoms with Gasteiger partial charge in [-0.3, -0.25) is 9.48 Å². The summed E-state index contributed by atoms with van der Waals surface area (Å²) >= 11 is 0. The molecule has 3 aromatic rings. The second-order valence-electron chi connectivity index (χ2n) is 4.97. The van der Waals surface area contributed by atoms with Gasteiger partial charge in [0, 0.05) is 31.4 Å². The van der Waals surface area contributed by atoms with Crippen LogP contribution in [0.3, 0.4) is 0 Å². The average Bonchev–Trinajstić information content (AvgIpc) is 2.94. The Morgan fingerprint density at radius 3 is 2.64 bits per heavy atom. The lowest BCUT2D eigenvalue weighted by molar-refractivity contribution is 0.0993. The molecule has 0 unspecified atom stereocenters. The second-order valence-corrected chi connectivity index (χ2v) is 4.97. The normalized spacial score (nSPS) is 10.7. The van der Waals surface area contributed by atoms with Gasteiger partial charge in [0.15, 0.2) is 5.65 Å². The molecule has 0 radical (unpaired) electrons. The van der Waals surface area contributed by atoms with Crippen molar-refractivity contribution in [3.63, 3.8) is 0 Å². The molecule has 112 valence electrons. The number of amides is 1. The summed E-state index contributed by atoms with van der Waals surface area (Å²) in [6.45, 7) is 0. The third-order valence-corrected chi connectivity index (χ3v) is 3.58. The summed E-state index contributed by atoms with van der Waals surface area (Å²) in [5, 5.41) is 4.98. The van der Waals surface area contributed by atoms with Gasteiger partial charge in [-0.05, 0) is 30.3 Å². The molecule has 0 saturated carbocycles. The highest BCUT2D eigenvalue weighted by Gasteiger charge is 2.15. The molecule has 6 heteroatoms. The van der Waals surface area contributed by atoms with Crippen LogP contribution in [0.5, 0.6) is 5.75 Å². The summed E-state index contributed by atoms with van der Waals surface area (Å²) in [4.78, 5) is 18.5. The SMILES string of the molecule is COc1ccc(N(C)C(=O)c2cnc3c(cnn3C)c2)cc1. The first-order valence-electron chi connectivity index (χ1n) is 6.80. The molecule has 0 saturated heterocycles. The molecule has 0 bridgehead atoms. The number of methoxy groups -OCH3 is 1. The van der Waals surface area contributed by atoms with Gasteiger partial charge in [0.1, 0.15) is 5.75 Å². The molecule has 0 aliphatic rings. The van der Waals surface area contributed by atoms with E-state index < -0.39 is 0 Å². The quantitative estimate of drug-likeness (QED) is 0.744. The lowest BCUT2D eigenvalue weighted by Gasteiger charge is -2.17. The Labute approximate surface area is 127 Å². The van der Waals surface area contributed by atoms with Gasteiger partial charge in [-0.2, -0.15) is 5.10 Å². The monoisotopic (exact) mass is 296 g/mol. The van der Waals surface area contributed by atoms with Gasteiger partial charge in [-0.1, -0.05) is 0 Å². The Bertz CT molecular complexity index is 824. The van der Waals surface area contributed by atoms with Gasteiger partial charge in [-0.25, -0.2) is 4.98 Å². The fraction of sp³-hybridized carbons (Fsp3) is 0.188. The van der Waals surface area contributed by atoms with E-state index in [9.17, 15) is 4.79 Å². The number of anilines is 1. The fourth-order valence-corrected chi connectivity index (χ4v) is 2.28. The Morgan fingerprint density at radius 2 is 1.95 bits per heavy atom. The van der Waals surface area contributed by atoms with E-state index in [0.717, 1.165) is 22.5 Å². The van der Waals surface area contributed by atoms with Crippen molar-refractivity contribution >= 4 is 22.6 Å². The van der Waals surface area contributed by atoms with Gasteiger partial charge in [-0.15, -0.1) is 0 Å². The highest BCUT2D eigenvalue weighted by Crippen LogP contribution is 2.20. The van der Waals surface area contributed by atoms with Crippen LogP contribution in [0, 0.1) is 0 Å². The summed E-state index contributed by atoms with van der Waals surface area (Å²) in [6.07, 6.45) is 3.28. The largest absolute Gasteiger partial charge is 0.497 e. The van der Waals surface area contributed by atoms with E-state index in [1.165, 1.54) is 0 Å². The number of aryl methyl sites for hydroxylation is 1. The van der Waals surface area contributed by atoms with E-state index in [2.05, 4.69) is 10.1 Å². The lowest BCUT2D eigenvalue weighted by Crippen LogP contribution is -2.26. The molecular formula is C16H16N4O2. The van der Waals surface area contributed by atoms with Gasteiger partial charge >= 0.3 is 0 Å². The van der Waals surface area contributed by atoms with Crippen LogP contribution in [0.1, 0.15) is 10.4 Å². The van der Waals surface area contributed by atoms with Crippen LogP contribution >= 0.6 is 0 Å². The number of ether oxygens (including phenoxy) is 1. The second kappa shape index (κ2) is 5.48. The molecule has 1 aromatic carbocycles. The molecule has 0 fully saturated rings. The molecule has 0 aliphatic heterocycles. The van der Waals surface area contributed by atoms with E-state index in [1.54, 1.807) is 42.2 Å². The third-order valence-electron chi connectivity index (χ3n) is 3.58. The van der Waals surface area contributed by atoms with Crippen molar-refractivity contribution < 1.29 is 9.53 Å². The number of carbonyl (C=O) groups is 1. The van der Waals surface area contributed by atoms with Gasteiger partial charge in [0.05, 0.1) is 18.9 Å². The number of aromatic nitrogens is 3. The summed E-state index contributed by atoms with van der Waals surface area (Å²) < 4.78 is 6.80. The van der Waals surface area contributed by atoms with Crippen LogP contribution in [0.25, 0.3) is 11.0 Å². The van der Waals surface area contributed by atoms with E-state index in [0.29, 0.717) is 5.56 Å². The minimum Gasteiger partial charge on any atom is -0.497 e. The van der Waals surface area contributed by atoms with Crippen molar-refractivity contribution in [2.24, 2.45) is 7.05 Å². The summed E-state index contributed by atoms with van der Waals surface area (Å²) in [5.74, 6) is 0.631. The smallest absolute Gasteiger partial charge is 0.259 e. The number of rotatable bonds is 3. The number of benzene rings is 1. The van der Waals surface area contributed by atoms with Crippen LogP contribution < -0.4 is 9.64 Å². The molecule has 6 nitrogen and oxygen atoms in total. The molecule has 1 amide bonds. The lowest BCUT2D eigenvalue weighted by atomic mass is 10.2. The highest BCUT2D eigenvalue weighted by molar-refractivity contribution is 6.06. The zero-order chi connectivity index (χ0) is 15.7. The number of hydrogen-bond donors (Lipinski definition) is 0. The Balaban J connectivity index is 1.89. The van der Waals surface area contributed by atoms with Crippen LogP contribution in [-0.2, 0) is 7.05 Å². The topological polar surface area (TPSA) is 60.2 Å². The number of nitrogens with zero attached hydrogens (tertiary/aromatic N) is 4. The predicted molar refractivity (Wildman–Crippen MR) is 84.2 cm³/mol. The average molecular weight is 296 g/mol. The van der Waals surface area contributed by atoms with Crippen LogP contribution in [0.2, 0.25) is 0 Å². The Hall–Kier alpha value is -2.89. The Kier molecular flexibility index (Phi) is 3.50. The molecule has 3 rings (SSSR count). The highest BCUT2D eigenvalue weighted by atomic mass is 16.5. The van der Waals surface area contributed by atoms with Crippen LogP contribution in [-0.4, -0.2) is 34.8 Å². The molecule has 0 N–H and O–H groups in total. The predicted octanol–water partition coefficient (Wildman–Crippen LogP) is 2.25. The van der Waals surface area contributed by atoms with Crippen molar-refractivity contribution in [1.29, 1.82) is 0 Å². The number of carbonyl (C=O) groups excluding carboxylic acids is 1. The molecule has 2 aromatic heterocycles. The summed E-state index contributed by atoms with van der Waals surface area (Å²) in [5.41, 5.74) is 2.07. The van der Waals surface area contributed by atoms with Gasteiger partial charge < -0.3 is 9.64 Å². The zero-order valence-corrected chi connectivity index (χ0v) is 12.6. The van der Waals surface area contributed by atoms with E-state index in [-0.39, 0.29) is 5.91 Å². The first-order valence-corrected chi connectivity index (χ1v) is 6.80. The standard InChI is InChI=1S/C16H16N4O2/c1-19(13-4-6-14(22-3)7-5-13)16(21)12-8-11-10-18-20(2)15(11)17-9-12/h4-10H,1-3H3. The summed E-state index contributed by atoms with van der Waals surface area (Å²) in [6, 6.07) is 9.13. The third kappa shape index (κ3) is 2.39. The maximum Gasteiger partial charge on any atom is 0.259 e. The first kappa shape index (κ1) is 14.1. The molecule has 22 heavy (non-hydrogen) atoms. The van der Waals surface area contributed by atoms with E-state index >= 15 is 0 Å². The molecule has 0 spiro atoms. The maximum atomic E-state index is 12.6. The maximum absolute atomic E-state index is 12.6. The number of hydrogen-bond acceptors (Lipinski definition) is 4. The zero-order valence-electron chi connectivity index (χ0n) is 12.6. The van der Waals surface area contributed by atoms with Crippen LogP contribution in [0.15, 0.2) is 42.7 Å². The minimum atomic E-state index is -0.122. The van der Waals surface area contributed by atoms with Crippen molar-refractivity contribution in [3.8, 4) is 5.75 Å². The van der Waals surface area contributed by atoms with Crippen molar-refractivity contribution in [1.82, 2.24) is 14.8 Å². The van der Waals surface area contributed by atoms with Crippen molar-refractivity contribution in [2.75, 3.05) is 19.1 Å². The van der Waals surface area contributed by atoms with Gasteiger partial charge in [0.2, 0.25) is 0 Å². The minimum absolute atomic E-state index is 0.122. The molecule has 0 atom stereocenters. The number of fused-ring (bicyclic) bond motifs is 1. The first-order chi connectivity index (χ1) is 10.6. The van der Waals surface area contributed by atoms with Crippen LogP contribution in [0.4, 0.5) is 5.69 Å². The summed E-state index contributed by atoms with van der Waals surface area (Å²) in [7, 11) is 5.16. The number of pyridine rings is 1. The van der Waals surface area contributed by atoms with Crippen molar-refractivity contribution in [3.05, 3.63) is 48.3 Å². The van der Waals surface area contributed by atoms with E-state index in [4.69, 9.17) is 4.74 Å². The van der Waals surface area contributed by atoms with E-state index in [1.807, 2.05) is 31.3 Å². The van der Waals surface area contributed by atoms with Crippen molar-refractivity contribution in [2.45, 2.75) is 0 Å². The fourth-order valence-electron chi connectivity index (χ4n) is 2.28. The molecule has 2 heterocycles. The van der Waals surface area contributed by atoms with Gasteiger partial charge in [0.25, 0.3) is 5.91 Å². The Morgan fingerprint density at radius 1 is 1.23 bits per heavy atom. The molecule has 0 aliphatic carbocycles.